The molecule has 2 aromatic carbocycles. The molecule has 1 amide bonds. The van der Waals surface area contributed by atoms with E-state index in [4.69, 9.17) is 4.74 Å². The van der Waals surface area contributed by atoms with Crippen LogP contribution in [0.2, 0.25) is 0 Å². The van der Waals surface area contributed by atoms with E-state index in [0.29, 0.717) is 31.1 Å². The van der Waals surface area contributed by atoms with Crippen molar-refractivity contribution in [2.75, 3.05) is 25.0 Å². The third-order valence-electron chi connectivity index (χ3n) is 6.42. The Morgan fingerprint density at radius 1 is 1.03 bits per heavy atom. The number of hydrogen-bond acceptors (Lipinski definition) is 4. The summed E-state index contributed by atoms with van der Waals surface area (Å²) in [7, 11) is -3.60. The van der Waals surface area contributed by atoms with Gasteiger partial charge in [-0.3, -0.25) is 4.79 Å². The predicted molar refractivity (Wildman–Crippen MR) is 121 cm³/mol. The van der Waals surface area contributed by atoms with E-state index in [9.17, 15) is 13.2 Å². The summed E-state index contributed by atoms with van der Waals surface area (Å²) in [6.45, 7) is 3.36. The standard InChI is InChI=1S/C24H30N2O4S/c1-2-30-22-13-12-20(31(28,29)26-16-7-4-8-17-26)18-21(22)25-23(27)24(14-9-15-24)19-10-5-3-6-11-19/h3,5-6,10-13,18H,2,4,7-9,14-17H2,1H3,(H,25,27). The summed E-state index contributed by atoms with van der Waals surface area (Å²) >= 11 is 0. The number of hydrogen-bond donors (Lipinski definition) is 1. The fourth-order valence-corrected chi connectivity index (χ4v) is 6.02. The van der Waals surface area contributed by atoms with Gasteiger partial charge in [0.05, 0.1) is 22.6 Å². The highest BCUT2D eigenvalue weighted by Gasteiger charge is 2.45. The van der Waals surface area contributed by atoms with E-state index < -0.39 is 15.4 Å². The lowest BCUT2D eigenvalue weighted by Crippen LogP contribution is -2.46. The summed E-state index contributed by atoms with van der Waals surface area (Å²) in [5.41, 5.74) is 0.827. The van der Waals surface area contributed by atoms with Crippen LogP contribution in [0.3, 0.4) is 0 Å². The highest BCUT2D eigenvalue weighted by Crippen LogP contribution is 2.45. The molecule has 2 aliphatic rings. The maximum absolute atomic E-state index is 13.4. The van der Waals surface area contributed by atoms with Crippen LogP contribution in [0, 0.1) is 0 Å². The molecule has 4 rings (SSSR count). The molecule has 6 nitrogen and oxygen atoms in total. The average molecular weight is 443 g/mol. The molecule has 1 aliphatic carbocycles. The molecule has 0 unspecified atom stereocenters. The molecule has 1 aliphatic heterocycles. The second kappa shape index (κ2) is 9.01. The molecule has 7 heteroatoms. The van der Waals surface area contributed by atoms with Gasteiger partial charge in [0, 0.05) is 13.1 Å². The smallest absolute Gasteiger partial charge is 0.243 e. The zero-order valence-electron chi connectivity index (χ0n) is 18.0. The van der Waals surface area contributed by atoms with Crippen LogP contribution >= 0.6 is 0 Å². The number of amides is 1. The van der Waals surface area contributed by atoms with Gasteiger partial charge < -0.3 is 10.1 Å². The number of piperidine rings is 1. The van der Waals surface area contributed by atoms with E-state index in [1.54, 1.807) is 18.2 Å². The number of nitrogens with one attached hydrogen (secondary N) is 1. The Labute approximate surface area is 184 Å². The molecule has 0 bridgehead atoms. The minimum atomic E-state index is -3.60. The number of sulfonamides is 1. The molecule has 166 valence electrons. The summed E-state index contributed by atoms with van der Waals surface area (Å²) in [4.78, 5) is 13.6. The Balaban J connectivity index is 1.65. The Hall–Kier alpha value is -2.38. The molecule has 1 saturated heterocycles. The highest BCUT2D eigenvalue weighted by molar-refractivity contribution is 7.89. The number of benzene rings is 2. The van der Waals surface area contributed by atoms with Gasteiger partial charge in [-0.15, -0.1) is 0 Å². The Morgan fingerprint density at radius 3 is 2.35 bits per heavy atom. The van der Waals surface area contributed by atoms with Crippen molar-refractivity contribution >= 4 is 21.6 Å². The number of nitrogens with zero attached hydrogens (tertiary/aromatic N) is 1. The van der Waals surface area contributed by atoms with Crippen molar-refractivity contribution < 1.29 is 17.9 Å². The molecular weight excluding hydrogens is 412 g/mol. The lowest BCUT2D eigenvalue weighted by atomic mass is 9.64. The van der Waals surface area contributed by atoms with Crippen molar-refractivity contribution in [1.29, 1.82) is 0 Å². The Kier molecular flexibility index (Phi) is 6.34. The molecule has 31 heavy (non-hydrogen) atoms. The van der Waals surface area contributed by atoms with Gasteiger partial charge in [-0.05, 0) is 56.4 Å². The predicted octanol–water partition coefficient (Wildman–Crippen LogP) is 4.32. The number of carbonyl (C=O) groups is 1. The number of rotatable bonds is 7. The van der Waals surface area contributed by atoms with Crippen LogP contribution in [-0.2, 0) is 20.2 Å². The molecular formula is C24H30N2O4S. The lowest BCUT2D eigenvalue weighted by molar-refractivity contribution is -0.124. The number of carbonyl (C=O) groups excluding carboxylic acids is 1. The van der Waals surface area contributed by atoms with Gasteiger partial charge in [0.25, 0.3) is 0 Å². The zero-order valence-corrected chi connectivity index (χ0v) is 18.8. The van der Waals surface area contributed by atoms with E-state index in [2.05, 4.69) is 5.32 Å². The molecule has 0 spiro atoms. The molecule has 1 N–H and O–H groups in total. The largest absolute Gasteiger partial charge is 0.492 e. The molecule has 2 fully saturated rings. The molecule has 1 heterocycles. The third kappa shape index (κ3) is 4.21. The highest BCUT2D eigenvalue weighted by atomic mass is 32.2. The second-order valence-electron chi connectivity index (χ2n) is 8.31. The van der Waals surface area contributed by atoms with Crippen LogP contribution in [-0.4, -0.2) is 38.3 Å². The van der Waals surface area contributed by atoms with Crippen molar-refractivity contribution in [1.82, 2.24) is 4.31 Å². The summed E-state index contributed by atoms with van der Waals surface area (Å²) in [5.74, 6) is 0.370. The maximum atomic E-state index is 13.4. The minimum Gasteiger partial charge on any atom is -0.492 e. The quantitative estimate of drug-likeness (QED) is 0.693. The maximum Gasteiger partial charge on any atom is 0.243 e. The first kappa shape index (κ1) is 21.8. The molecule has 2 aromatic rings. The van der Waals surface area contributed by atoms with Crippen LogP contribution in [0.1, 0.15) is 51.0 Å². The molecule has 0 atom stereocenters. The first-order chi connectivity index (χ1) is 15.0. The SMILES string of the molecule is CCOc1ccc(S(=O)(=O)N2CCCCC2)cc1NC(=O)C1(c2ccccc2)CCC1. The van der Waals surface area contributed by atoms with Crippen molar-refractivity contribution in [3.63, 3.8) is 0 Å². The molecule has 1 saturated carbocycles. The summed E-state index contributed by atoms with van der Waals surface area (Å²) in [6, 6.07) is 14.6. The lowest BCUT2D eigenvalue weighted by Gasteiger charge is -2.40. The monoisotopic (exact) mass is 442 g/mol. The number of anilines is 1. The van der Waals surface area contributed by atoms with E-state index in [1.165, 1.54) is 4.31 Å². The van der Waals surface area contributed by atoms with Crippen molar-refractivity contribution in [3.8, 4) is 5.75 Å². The average Bonchev–Trinajstić information content (AvgIpc) is 2.75. The van der Waals surface area contributed by atoms with Crippen LogP contribution in [0.15, 0.2) is 53.4 Å². The second-order valence-corrected chi connectivity index (χ2v) is 10.2. The van der Waals surface area contributed by atoms with Crippen LogP contribution in [0.5, 0.6) is 5.75 Å². The summed E-state index contributed by atoms with van der Waals surface area (Å²) < 4.78 is 33.5. The normalized spacial score (nSPS) is 18.7. The first-order valence-electron chi connectivity index (χ1n) is 11.1. The Morgan fingerprint density at radius 2 is 1.74 bits per heavy atom. The van der Waals surface area contributed by atoms with Crippen molar-refractivity contribution in [2.24, 2.45) is 0 Å². The van der Waals surface area contributed by atoms with Gasteiger partial charge >= 0.3 is 0 Å². The van der Waals surface area contributed by atoms with E-state index in [0.717, 1.165) is 44.1 Å². The van der Waals surface area contributed by atoms with Crippen LogP contribution in [0.25, 0.3) is 0 Å². The number of ether oxygens (including phenoxy) is 1. The van der Waals surface area contributed by atoms with Gasteiger partial charge in [-0.2, -0.15) is 4.31 Å². The fraction of sp³-hybridized carbons (Fsp3) is 0.458. The van der Waals surface area contributed by atoms with E-state index in [1.807, 2.05) is 37.3 Å². The van der Waals surface area contributed by atoms with Gasteiger partial charge in [0.15, 0.2) is 0 Å². The minimum absolute atomic E-state index is 0.113. The summed E-state index contributed by atoms with van der Waals surface area (Å²) in [6.07, 6.45) is 5.35. The van der Waals surface area contributed by atoms with Gasteiger partial charge in [0.2, 0.25) is 15.9 Å². The van der Waals surface area contributed by atoms with Crippen molar-refractivity contribution in [3.05, 3.63) is 54.1 Å². The first-order valence-corrected chi connectivity index (χ1v) is 12.6. The van der Waals surface area contributed by atoms with Gasteiger partial charge in [-0.1, -0.05) is 43.2 Å². The molecule has 0 aromatic heterocycles. The van der Waals surface area contributed by atoms with E-state index >= 15 is 0 Å². The fourth-order valence-electron chi connectivity index (χ4n) is 4.48. The zero-order chi connectivity index (χ0) is 21.9. The van der Waals surface area contributed by atoms with Gasteiger partial charge in [0.1, 0.15) is 5.75 Å². The Bertz CT molecular complexity index is 1030. The summed E-state index contributed by atoms with van der Waals surface area (Å²) in [5, 5.41) is 3.01. The van der Waals surface area contributed by atoms with Crippen molar-refractivity contribution in [2.45, 2.75) is 55.8 Å². The van der Waals surface area contributed by atoms with Gasteiger partial charge in [-0.25, -0.2) is 8.42 Å². The van der Waals surface area contributed by atoms with Crippen LogP contribution in [0.4, 0.5) is 5.69 Å². The van der Waals surface area contributed by atoms with E-state index in [-0.39, 0.29) is 10.8 Å². The van der Waals surface area contributed by atoms with Crippen LogP contribution < -0.4 is 10.1 Å². The topological polar surface area (TPSA) is 75.7 Å². The third-order valence-corrected chi connectivity index (χ3v) is 8.31. The molecule has 0 radical (unpaired) electrons.